The number of hydrogen-bond donors (Lipinski definition) is 1. The van der Waals surface area contributed by atoms with Gasteiger partial charge >= 0.3 is 5.97 Å². The maximum atomic E-state index is 11.7. The Morgan fingerprint density at radius 1 is 1.11 bits per heavy atom. The van der Waals surface area contributed by atoms with Crippen LogP contribution in [0.15, 0.2) is 72.8 Å². The molecule has 1 heterocycles. The lowest BCUT2D eigenvalue weighted by Gasteiger charge is -2.30. The van der Waals surface area contributed by atoms with Crippen LogP contribution in [0.1, 0.15) is 29.7 Å². The van der Waals surface area contributed by atoms with Crippen molar-refractivity contribution in [3.63, 3.8) is 0 Å². The van der Waals surface area contributed by atoms with Gasteiger partial charge in [-0.1, -0.05) is 36.4 Å². The van der Waals surface area contributed by atoms with Crippen LogP contribution in [0, 0.1) is 0 Å². The standard InChI is InChI=1S/C27H27NO7S/c1-3-33-25(29)11-6-14-34-20-8-4-7-19(16-20)27-22-15-18(17-36(28,30)31)12-13-21(22)26-23(32-2)9-5-10-24(26)35-27/h4-13,15-16,27H,3,14,17H2,1-2H3,(H2,28,30,31)/b11-6+. The lowest BCUT2D eigenvalue weighted by molar-refractivity contribution is -0.137. The molecule has 0 aliphatic carbocycles. The Kier molecular flexibility index (Phi) is 7.61. The van der Waals surface area contributed by atoms with E-state index in [1.54, 1.807) is 38.3 Å². The summed E-state index contributed by atoms with van der Waals surface area (Å²) in [7, 11) is -2.12. The maximum absolute atomic E-state index is 11.7. The van der Waals surface area contributed by atoms with Gasteiger partial charge in [-0.3, -0.25) is 0 Å². The molecule has 2 N–H and O–H groups in total. The third-order valence-electron chi connectivity index (χ3n) is 5.54. The molecule has 9 heteroatoms. The van der Waals surface area contributed by atoms with Crippen LogP contribution in [0.25, 0.3) is 11.1 Å². The number of rotatable bonds is 9. The van der Waals surface area contributed by atoms with Crippen LogP contribution in [-0.2, 0) is 25.3 Å². The molecule has 0 spiro atoms. The first-order valence-corrected chi connectivity index (χ1v) is 13.0. The SMILES string of the molecule is CCOC(=O)/C=C/COc1cccc(C2Oc3cccc(OC)c3-c3ccc(CS(N)(=O)=O)cc32)c1. The molecule has 0 saturated heterocycles. The number of fused-ring (bicyclic) bond motifs is 3. The van der Waals surface area contributed by atoms with Crippen molar-refractivity contribution in [3.8, 4) is 28.4 Å². The van der Waals surface area contributed by atoms with E-state index in [1.807, 2.05) is 42.5 Å². The molecule has 36 heavy (non-hydrogen) atoms. The van der Waals surface area contributed by atoms with Crippen molar-refractivity contribution >= 4 is 16.0 Å². The van der Waals surface area contributed by atoms with Gasteiger partial charge in [-0.2, -0.15) is 0 Å². The minimum Gasteiger partial charge on any atom is -0.496 e. The molecule has 0 amide bonds. The summed E-state index contributed by atoms with van der Waals surface area (Å²) in [6, 6.07) is 18.4. The third-order valence-corrected chi connectivity index (χ3v) is 6.27. The molecular weight excluding hydrogens is 482 g/mol. The second-order valence-electron chi connectivity index (χ2n) is 8.10. The van der Waals surface area contributed by atoms with Crippen molar-refractivity contribution in [2.45, 2.75) is 18.8 Å². The minimum absolute atomic E-state index is 0.183. The zero-order valence-electron chi connectivity index (χ0n) is 20.0. The minimum atomic E-state index is -3.71. The van der Waals surface area contributed by atoms with Gasteiger partial charge in [0.1, 0.15) is 30.0 Å². The van der Waals surface area contributed by atoms with E-state index in [9.17, 15) is 13.2 Å². The quantitative estimate of drug-likeness (QED) is 0.341. The summed E-state index contributed by atoms with van der Waals surface area (Å²) in [5.74, 6) is 1.17. The number of nitrogens with two attached hydrogens (primary N) is 1. The smallest absolute Gasteiger partial charge is 0.330 e. The van der Waals surface area contributed by atoms with E-state index < -0.39 is 22.1 Å². The second-order valence-corrected chi connectivity index (χ2v) is 9.71. The van der Waals surface area contributed by atoms with Crippen LogP contribution in [0.3, 0.4) is 0 Å². The number of carbonyl (C=O) groups excluding carboxylic acids is 1. The fourth-order valence-corrected chi connectivity index (χ4v) is 4.75. The molecule has 3 aromatic carbocycles. The van der Waals surface area contributed by atoms with Gasteiger partial charge in [0.25, 0.3) is 0 Å². The summed E-state index contributed by atoms with van der Waals surface area (Å²) in [6.07, 6.45) is 2.38. The number of carbonyl (C=O) groups is 1. The fourth-order valence-electron chi connectivity index (χ4n) is 4.11. The van der Waals surface area contributed by atoms with Crippen LogP contribution in [0.5, 0.6) is 17.2 Å². The van der Waals surface area contributed by atoms with Gasteiger partial charge in [-0.15, -0.1) is 0 Å². The molecule has 1 aliphatic rings. The molecule has 1 aliphatic heterocycles. The van der Waals surface area contributed by atoms with E-state index >= 15 is 0 Å². The third kappa shape index (κ3) is 5.87. The molecule has 0 aromatic heterocycles. The molecular formula is C27H27NO7S. The molecule has 0 saturated carbocycles. The molecule has 1 unspecified atom stereocenters. The zero-order chi connectivity index (χ0) is 25.7. The summed E-state index contributed by atoms with van der Waals surface area (Å²) in [4.78, 5) is 11.5. The van der Waals surface area contributed by atoms with Crippen molar-refractivity contribution in [2.24, 2.45) is 5.14 Å². The molecule has 0 fully saturated rings. The molecule has 3 aromatic rings. The summed E-state index contributed by atoms with van der Waals surface area (Å²) in [5, 5.41) is 5.29. The van der Waals surface area contributed by atoms with Gasteiger partial charge in [-0.25, -0.2) is 18.4 Å². The summed E-state index contributed by atoms with van der Waals surface area (Å²) in [5.41, 5.74) is 3.82. The Morgan fingerprint density at radius 2 is 1.92 bits per heavy atom. The van der Waals surface area contributed by atoms with Gasteiger partial charge in [0.05, 0.1) is 25.0 Å². The number of benzene rings is 3. The number of esters is 1. The normalized spacial score (nSPS) is 14.5. The molecule has 4 rings (SSSR count). The van der Waals surface area contributed by atoms with Crippen molar-refractivity contribution in [1.29, 1.82) is 0 Å². The van der Waals surface area contributed by atoms with Crippen LogP contribution >= 0.6 is 0 Å². The summed E-state index contributed by atoms with van der Waals surface area (Å²) in [6.45, 7) is 2.23. The van der Waals surface area contributed by atoms with Crippen LogP contribution in [0.2, 0.25) is 0 Å². The Morgan fingerprint density at radius 3 is 2.67 bits per heavy atom. The number of ether oxygens (including phenoxy) is 4. The lowest BCUT2D eigenvalue weighted by Crippen LogP contribution is -2.18. The zero-order valence-corrected chi connectivity index (χ0v) is 20.8. The first-order valence-electron chi connectivity index (χ1n) is 11.3. The highest BCUT2D eigenvalue weighted by molar-refractivity contribution is 7.88. The second kappa shape index (κ2) is 10.8. The molecule has 1 atom stereocenters. The van der Waals surface area contributed by atoms with Crippen molar-refractivity contribution in [3.05, 3.63) is 89.5 Å². The van der Waals surface area contributed by atoms with Gasteiger partial charge in [-0.05, 0) is 48.4 Å². The van der Waals surface area contributed by atoms with E-state index in [4.69, 9.17) is 24.1 Å². The first kappa shape index (κ1) is 25.3. The molecule has 0 bridgehead atoms. The van der Waals surface area contributed by atoms with Gasteiger partial charge in [0, 0.05) is 17.2 Å². The van der Waals surface area contributed by atoms with Crippen molar-refractivity contribution in [2.75, 3.05) is 20.3 Å². The number of hydrogen-bond acceptors (Lipinski definition) is 7. The van der Waals surface area contributed by atoms with E-state index in [1.165, 1.54) is 6.08 Å². The largest absolute Gasteiger partial charge is 0.496 e. The lowest BCUT2D eigenvalue weighted by atomic mass is 9.88. The average molecular weight is 510 g/mol. The molecule has 188 valence electrons. The fraction of sp³-hybridized carbons (Fsp3) is 0.222. The Hall–Kier alpha value is -3.82. The number of sulfonamides is 1. The number of primary sulfonamides is 1. The van der Waals surface area contributed by atoms with E-state index in [0.717, 1.165) is 22.3 Å². The molecule has 0 radical (unpaired) electrons. The van der Waals surface area contributed by atoms with E-state index in [-0.39, 0.29) is 12.4 Å². The van der Waals surface area contributed by atoms with Gasteiger partial charge < -0.3 is 18.9 Å². The monoisotopic (exact) mass is 509 g/mol. The summed E-state index contributed by atoms with van der Waals surface area (Å²) < 4.78 is 46.1. The average Bonchev–Trinajstić information content (AvgIpc) is 2.85. The van der Waals surface area contributed by atoms with Crippen molar-refractivity contribution in [1.82, 2.24) is 0 Å². The first-order chi connectivity index (χ1) is 17.3. The molecule has 8 nitrogen and oxygen atoms in total. The number of methoxy groups -OCH3 is 1. The van der Waals surface area contributed by atoms with Crippen LogP contribution in [0.4, 0.5) is 0 Å². The Bertz CT molecular complexity index is 1400. The topological polar surface area (TPSA) is 114 Å². The highest BCUT2D eigenvalue weighted by atomic mass is 32.2. The van der Waals surface area contributed by atoms with Crippen LogP contribution < -0.4 is 19.3 Å². The van der Waals surface area contributed by atoms with Gasteiger partial charge in [0.15, 0.2) is 0 Å². The summed E-state index contributed by atoms with van der Waals surface area (Å²) >= 11 is 0. The predicted molar refractivity (Wildman–Crippen MR) is 135 cm³/mol. The highest BCUT2D eigenvalue weighted by Crippen LogP contribution is 2.49. The predicted octanol–water partition coefficient (Wildman–Crippen LogP) is 4.13. The van der Waals surface area contributed by atoms with Crippen molar-refractivity contribution < 1.29 is 32.2 Å². The van der Waals surface area contributed by atoms with Gasteiger partial charge in [0.2, 0.25) is 10.0 Å². The van der Waals surface area contributed by atoms with Crippen LogP contribution in [-0.4, -0.2) is 34.7 Å². The Labute approximate surface area is 210 Å². The maximum Gasteiger partial charge on any atom is 0.330 e. The van der Waals surface area contributed by atoms with E-state index in [0.29, 0.717) is 29.4 Å². The van der Waals surface area contributed by atoms with E-state index in [2.05, 4.69) is 0 Å². The highest BCUT2D eigenvalue weighted by Gasteiger charge is 2.30. The Balaban J connectivity index is 1.69.